The van der Waals surface area contributed by atoms with Crippen LogP contribution < -0.4 is 5.32 Å². The molecule has 3 heteroatoms. The summed E-state index contributed by atoms with van der Waals surface area (Å²) in [5.74, 6) is 0. The van der Waals surface area contributed by atoms with E-state index in [0.29, 0.717) is 0 Å². The number of amides is 2. The van der Waals surface area contributed by atoms with Gasteiger partial charge in [0.2, 0.25) is 0 Å². The van der Waals surface area contributed by atoms with E-state index >= 15 is 0 Å². The van der Waals surface area contributed by atoms with E-state index < -0.39 is 0 Å². The third kappa shape index (κ3) is 5.99. The van der Waals surface area contributed by atoms with Gasteiger partial charge in [0.1, 0.15) is 0 Å². The number of nitrogens with one attached hydrogen (secondary N) is 1. The summed E-state index contributed by atoms with van der Waals surface area (Å²) in [7, 11) is 0. The Labute approximate surface area is 101 Å². The summed E-state index contributed by atoms with van der Waals surface area (Å²) >= 11 is 0. The summed E-state index contributed by atoms with van der Waals surface area (Å²) in [6.45, 7) is 16.3. The molecular formula is C13H28N2O. The van der Waals surface area contributed by atoms with E-state index in [4.69, 9.17) is 0 Å². The number of rotatable bonds is 4. The third-order valence-electron chi connectivity index (χ3n) is 2.47. The van der Waals surface area contributed by atoms with E-state index in [0.717, 1.165) is 19.5 Å². The van der Waals surface area contributed by atoms with Gasteiger partial charge in [-0.05, 0) is 39.5 Å². The second-order valence-corrected chi connectivity index (χ2v) is 6.22. The molecule has 0 heterocycles. The van der Waals surface area contributed by atoms with E-state index in [1.165, 1.54) is 0 Å². The fourth-order valence-electron chi connectivity index (χ4n) is 2.25. The van der Waals surface area contributed by atoms with Gasteiger partial charge >= 0.3 is 6.03 Å². The molecule has 0 aromatic rings. The summed E-state index contributed by atoms with van der Waals surface area (Å²) in [6.07, 6.45) is 0.965. The Morgan fingerprint density at radius 1 is 1.06 bits per heavy atom. The lowest BCUT2D eigenvalue weighted by molar-refractivity contribution is 0.179. The van der Waals surface area contributed by atoms with Gasteiger partial charge in [0, 0.05) is 18.6 Å². The van der Waals surface area contributed by atoms with Gasteiger partial charge in [-0.15, -0.1) is 0 Å². The topological polar surface area (TPSA) is 32.3 Å². The lowest BCUT2D eigenvalue weighted by atomic mass is 9.82. The van der Waals surface area contributed by atoms with Crippen LogP contribution in [0.4, 0.5) is 4.79 Å². The zero-order chi connectivity index (χ0) is 13.0. The zero-order valence-electron chi connectivity index (χ0n) is 12.0. The van der Waals surface area contributed by atoms with Crippen molar-refractivity contribution in [3.63, 3.8) is 0 Å². The number of hydrogen-bond acceptors (Lipinski definition) is 1. The van der Waals surface area contributed by atoms with Crippen LogP contribution in [0.25, 0.3) is 0 Å². The largest absolute Gasteiger partial charge is 0.333 e. The van der Waals surface area contributed by atoms with Gasteiger partial charge in [-0.2, -0.15) is 0 Å². The number of hydrogen-bond donors (Lipinski definition) is 1. The van der Waals surface area contributed by atoms with Crippen LogP contribution in [-0.2, 0) is 0 Å². The summed E-state index contributed by atoms with van der Waals surface area (Å²) in [4.78, 5) is 13.7. The van der Waals surface area contributed by atoms with Gasteiger partial charge in [-0.25, -0.2) is 4.79 Å². The smallest absolute Gasteiger partial charge is 0.317 e. The minimum Gasteiger partial charge on any atom is -0.333 e. The predicted molar refractivity (Wildman–Crippen MR) is 69.6 cm³/mol. The van der Waals surface area contributed by atoms with Crippen molar-refractivity contribution in [2.45, 2.75) is 60.4 Å². The van der Waals surface area contributed by atoms with E-state index in [2.05, 4.69) is 39.9 Å². The van der Waals surface area contributed by atoms with E-state index in [9.17, 15) is 4.79 Å². The molecule has 0 spiro atoms. The zero-order valence-corrected chi connectivity index (χ0v) is 12.0. The maximum Gasteiger partial charge on any atom is 0.317 e. The lowest BCUT2D eigenvalue weighted by Gasteiger charge is -2.35. The Hall–Kier alpha value is -0.730. The van der Waals surface area contributed by atoms with E-state index in [-0.39, 0.29) is 17.0 Å². The molecule has 0 radical (unpaired) electrons. The summed E-state index contributed by atoms with van der Waals surface area (Å²) in [5.41, 5.74) is 0.0674. The Kier molecular flexibility index (Phi) is 5.30. The molecule has 0 fully saturated rings. The standard InChI is InChI=1S/C13H28N2O/c1-8-15(9-2)11(16)14-13(6,7)10-12(3,4)5/h8-10H2,1-7H3,(H,14,16). The van der Waals surface area contributed by atoms with Crippen molar-refractivity contribution in [1.29, 1.82) is 0 Å². The van der Waals surface area contributed by atoms with Crippen molar-refractivity contribution >= 4 is 6.03 Å². The number of carbonyl (C=O) groups is 1. The van der Waals surface area contributed by atoms with Crippen LogP contribution >= 0.6 is 0 Å². The fraction of sp³-hybridized carbons (Fsp3) is 0.923. The van der Waals surface area contributed by atoms with Crippen LogP contribution in [0.15, 0.2) is 0 Å². The molecule has 0 saturated carbocycles. The average molecular weight is 228 g/mol. The molecule has 1 N–H and O–H groups in total. The van der Waals surface area contributed by atoms with Crippen LogP contribution in [0, 0.1) is 5.41 Å². The maximum absolute atomic E-state index is 11.9. The molecule has 0 unspecified atom stereocenters. The average Bonchev–Trinajstić information content (AvgIpc) is 1.99. The molecular weight excluding hydrogens is 200 g/mol. The molecule has 0 saturated heterocycles. The Morgan fingerprint density at radius 3 is 1.81 bits per heavy atom. The van der Waals surface area contributed by atoms with Gasteiger partial charge in [0.15, 0.2) is 0 Å². The molecule has 0 aromatic carbocycles. The van der Waals surface area contributed by atoms with Crippen molar-refractivity contribution in [1.82, 2.24) is 10.2 Å². The maximum atomic E-state index is 11.9. The molecule has 0 bridgehead atoms. The highest BCUT2D eigenvalue weighted by molar-refractivity contribution is 5.74. The first-order valence-corrected chi connectivity index (χ1v) is 6.18. The van der Waals surface area contributed by atoms with Crippen LogP contribution in [0.3, 0.4) is 0 Å². The lowest BCUT2D eigenvalue weighted by Crippen LogP contribution is -2.51. The number of nitrogens with zero attached hydrogens (tertiary/aromatic N) is 1. The minimum atomic E-state index is -0.155. The molecule has 2 amide bonds. The van der Waals surface area contributed by atoms with Crippen LogP contribution in [0.1, 0.15) is 54.9 Å². The summed E-state index contributed by atoms with van der Waals surface area (Å²) in [5, 5.41) is 3.10. The predicted octanol–water partition coefficient (Wildman–Crippen LogP) is 3.25. The normalized spacial score (nSPS) is 12.4. The number of urea groups is 1. The van der Waals surface area contributed by atoms with Gasteiger partial charge in [0.25, 0.3) is 0 Å². The fourth-order valence-corrected chi connectivity index (χ4v) is 2.25. The van der Waals surface area contributed by atoms with Crippen molar-refractivity contribution in [3.05, 3.63) is 0 Å². The van der Waals surface area contributed by atoms with Crippen LogP contribution in [0.5, 0.6) is 0 Å². The Balaban J connectivity index is 4.41. The summed E-state index contributed by atoms with van der Waals surface area (Å²) < 4.78 is 0. The molecule has 0 aliphatic carbocycles. The van der Waals surface area contributed by atoms with Gasteiger partial charge in [-0.3, -0.25) is 0 Å². The third-order valence-corrected chi connectivity index (χ3v) is 2.47. The highest BCUT2D eigenvalue weighted by Gasteiger charge is 2.28. The number of carbonyl (C=O) groups excluding carboxylic acids is 1. The molecule has 96 valence electrons. The molecule has 0 aromatic heterocycles. The second-order valence-electron chi connectivity index (χ2n) is 6.22. The monoisotopic (exact) mass is 228 g/mol. The first-order valence-electron chi connectivity index (χ1n) is 6.18. The van der Waals surface area contributed by atoms with E-state index in [1.54, 1.807) is 0 Å². The quantitative estimate of drug-likeness (QED) is 0.787. The Bertz CT molecular complexity index is 225. The molecule has 0 atom stereocenters. The molecule has 3 nitrogen and oxygen atoms in total. The van der Waals surface area contributed by atoms with Gasteiger partial charge < -0.3 is 10.2 Å². The van der Waals surface area contributed by atoms with Crippen LogP contribution in [-0.4, -0.2) is 29.6 Å². The first-order chi connectivity index (χ1) is 7.11. The summed E-state index contributed by atoms with van der Waals surface area (Å²) in [6, 6.07) is 0.0410. The van der Waals surface area contributed by atoms with Gasteiger partial charge in [-0.1, -0.05) is 20.8 Å². The highest BCUT2D eigenvalue weighted by Crippen LogP contribution is 2.26. The Morgan fingerprint density at radius 2 is 1.50 bits per heavy atom. The van der Waals surface area contributed by atoms with E-state index in [1.807, 2.05) is 18.7 Å². The van der Waals surface area contributed by atoms with Crippen molar-refractivity contribution in [3.8, 4) is 0 Å². The second kappa shape index (κ2) is 5.55. The highest BCUT2D eigenvalue weighted by atomic mass is 16.2. The SMILES string of the molecule is CCN(CC)C(=O)NC(C)(C)CC(C)(C)C. The van der Waals surface area contributed by atoms with Gasteiger partial charge in [0.05, 0.1) is 0 Å². The molecule has 0 aliphatic rings. The van der Waals surface area contributed by atoms with Crippen molar-refractivity contribution in [2.24, 2.45) is 5.41 Å². The molecule has 0 aliphatic heterocycles. The van der Waals surface area contributed by atoms with Crippen molar-refractivity contribution in [2.75, 3.05) is 13.1 Å². The molecule has 0 rings (SSSR count). The minimum absolute atomic E-state index is 0.0410. The first kappa shape index (κ1) is 15.3. The van der Waals surface area contributed by atoms with Crippen LogP contribution in [0.2, 0.25) is 0 Å². The molecule has 16 heavy (non-hydrogen) atoms. The van der Waals surface area contributed by atoms with Crippen molar-refractivity contribution < 1.29 is 4.79 Å².